The molecule has 24 heavy (non-hydrogen) atoms. The summed E-state index contributed by atoms with van der Waals surface area (Å²) in [4.78, 5) is 0.167. The summed E-state index contributed by atoms with van der Waals surface area (Å²) in [6, 6.07) is 16.9. The number of benzene rings is 2. The Labute approximate surface area is 140 Å². The minimum absolute atomic E-state index is 0.167. The second-order valence-electron chi connectivity index (χ2n) is 5.42. The van der Waals surface area contributed by atoms with Gasteiger partial charge in [0.05, 0.1) is 4.90 Å². The normalized spacial score (nSPS) is 11.4. The molecule has 2 aromatic carbocycles. The number of aliphatic hydroxyl groups is 1. The third kappa shape index (κ3) is 3.50. The van der Waals surface area contributed by atoms with Gasteiger partial charge in [-0.3, -0.25) is 4.72 Å². The number of aliphatic hydroxyl groups excluding tert-OH is 1. The molecule has 3 aromatic rings. The summed E-state index contributed by atoms with van der Waals surface area (Å²) < 4.78 is 32.8. The lowest BCUT2D eigenvalue weighted by Crippen LogP contribution is -2.12. The van der Waals surface area contributed by atoms with Gasteiger partial charge in [0.2, 0.25) is 0 Å². The first-order valence-corrected chi connectivity index (χ1v) is 8.86. The molecule has 0 saturated heterocycles. The lowest BCUT2D eigenvalue weighted by molar-refractivity contribution is 0.248. The predicted octanol–water partition coefficient (Wildman–Crippen LogP) is 3.55. The van der Waals surface area contributed by atoms with E-state index in [0.717, 1.165) is 11.1 Å². The molecule has 0 radical (unpaired) electrons. The summed E-state index contributed by atoms with van der Waals surface area (Å²) in [5.41, 5.74) is 2.32. The fraction of sp³-hybridized carbons (Fsp3) is 0.111. The second-order valence-corrected chi connectivity index (χ2v) is 7.10. The fourth-order valence-corrected chi connectivity index (χ4v) is 3.31. The first-order chi connectivity index (χ1) is 11.5. The van der Waals surface area contributed by atoms with Gasteiger partial charge in [-0.15, -0.1) is 0 Å². The Hall–Kier alpha value is -2.57. The van der Waals surface area contributed by atoms with Gasteiger partial charge in [0.1, 0.15) is 18.1 Å². The Morgan fingerprint density at radius 1 is 0.958 bits per heavy atom. The first-order valence-electron chi connectivity index (χ1n) is 7.37. The van der Waals surface area contributed by atoms with Gasteiger partial charge in [-0.2, -0.15) is 0 Å². The minimum Gasteiger partial charge on any atom is -0.459 e. The summed E-state index contributed by atoms with van der Waals surface area (Å²) in [5.74, 6) is 1.04. The maximum Gasteiger partial charge on any atom is 0.261 e. The summed E-state index contributed by atoms with van der Waals surface area (Å²) in [6.45, 7) is 1.76. The molecule has 5 nitrogen and oxygen atoms in total. The molecule has 0 bridgehead atoms. The van der Waals surface area contributed by atoms with Gasteiger partial charge in [-0.1, -0.05) is 17.7 Å². The van der Waals surface area contributed by atoms with Crippen LogP contribution in [0.15, 0.2) is 70.0 Å². The molecule has 3 rings (SSSR count). The molecule has 0 fully saturated rings. The summed E-state index contributed by atoms with van der Waals surface area (Å²) in [6.07, 6.45) is 0. The Morgan fingerprint density at radius 3 is 2.21 bits per heavy atom. The standard InChI is InChI=1S/C18H17NO4S/c1-13-2-6-15(7-3-13)19-24(21,22)17-9-4-14(5-10-17)18-11-8-16(12-20)23-18/h2-11,19-20H,12H2,1H3. The number of hydrogen-bond acceptors (Lipinski definition) is 4. The highest BCUT2D eigenvalue weighted by Gasteiger charge is 2.14. The molecule has 6 heteroatoms. The van der Waals surface area contributed by atoms with Crippen LogP contribution >= 0.6 is 0 Å². The number of anilines is 1. The van der Waals surface area contributed by atoms with E-state index in [1.807, 2.05) is 19.1 Å². The number of rotatable bonds is 5. The maximum atomic E-state index is 12.4. The number of hydrogen-bond donors (Lipinski definition) is 2. The van der Waals surface area contributed by atoms with Crippen molar-refractivity contribution in [1.82, 2.24) is 0 Å². The molecule has 0 amide bonds. The first kappa shape index (κ1) is 16.3. The van der Waals surface area contributed by atoms with Crippen molar-refractivity contribution in [3.05, 3.63) is 72.0 Å². The topological polar surface area (TPSA) is 79.5 Å². The highest BCUT2D eigenvalue weighted by molar-refractivity contribution is 7.92. The third-order valence-electron chi connectivity index (χ3n) is 3.57. The van der Waals surface area contributed by atoms with Crippen LogP contribution in [-0.2, 0) is 16.6 Å². The third-order valence-corrected chi connectivity index (χ3v) is 4.97. The van der Waals surface area contributed by atoms with Crippen molar-refractivity contribution in [1.29, 1.82) is 0 Å². The van der Waals surface area contributed by atoms with E-state index in [1.165, 1.54) is 12.1 Å². The molecular weight excluding hydrogens is 326 g/mol. The van der Waals surface area contributed by atoms with Gasteiger partial charge in [-0.05, 0) is 55.5 Å². The molecule has 1 heterocycles. The van der Waals surface area contributed by atoms with Gasteiger partial charge >= 0.3 is 0 Å². The number of sulfonamides is 1. The van der Waals surface area contributed by atoms with Gasteiger partial charge < -0.3 is 9.52 Å². The van der Waals surface area contributed by atoms with Crippen molar-refractivity contribution in [2.24, 2.45) is 0 Å². The summed E-state index contributed by atoms with van der Waals surface area (Å²) in [5, 5.41) is 9.02. The van der Waals surface area contributed by atoms with Crippen molar-refractivity contribution < 1.29 is 17.9 Å². The van der Waals surface area contributed by atoms with E-state index in [-0.39, 0.29) is 11.5 Å². The maximum absolute atomic E-state index is 12.4. The lowest BCUT2D eigenvalue weighted by Gasteiger charge is -2.08. The Morgan fingerprint density at radius 2 is 1.62 bits per heavy atom. The van der Waals surface area contributed by atoms with Crippen molar-refractivity contribution in [3.8, 4) is 11.3 Å². The number of aryl methyl sites for hydroxylation is 1. The van der Waals surface area contributed by atoms with E-state index in [2.05, 4.69) is 4.72 Å². The van der Waals surface area contributed by atoms with Crippen LogP contribution in [0.5, 0.6) is 0 Å². The van der Waals surface area contributed by atoms with E-state index in [1.54, 1.807) is 36.4 Å². The molecule has 0 aliphatic carbocycles. The van der Waals surface area contributed by atoms with E-state index < -0.39 is 10.0 Å². The molecule has 0 saturated carbocycles. The molecule has 1 aromatic heterocycles. The smallest absolute Gasteiger partial charge is 0.261 e. The van der Waals surface area contributed by atoms with Crippen molar-refractivity contribution in [3.63, 3.8) is 0 Å². The Balaban J connectivity index is 1.82. The molecule has 0 aliphatic rings. The van der Waals surface area contributed by atoms with Crippen LogP contribution in [0, 0.1) is 6.92 Å². The zero-order valence-electron chi connectivity index (χ0n) is 13.1. The van der Waals surface area contributed by atoms with Crippen molar-refractivity contribution in [2.45, 2.75) is 18.4 Å². The molecule has 124 valence electrons. The molecule has 0 atom stereocenters. The Kier molecular flexibility index (Phi) is 4.42. The van der Waals surface area contributed by atoms with Crippen LogP contribution in [-0.4, -0.2) is 13.5 Å². The van der Waals surface area contributed by atoms with Crippen molar-refractivity contribution >= 4 is 15.7 Å². The van der Waals surface area contributed by atoms with E-state index in [0.29, 0.717) is 17.2 Å². The molecule has 0 unspecified atom stereocenters. The van der Waals surface area contributed by atoms with E-state index in [9.17, 15) is 8.42 Å². The van der Waals surface area contributed by atoms with E-state index >= 15 is 0 Å². The SMILES string of the molecule is Cc1ccc(NS(=O)(=O)c2ccc(-c3ccc(CO)o3)cc2)cc1. The highest BCUT2D eigenvalue weighted by atomic mass is 32.2. The van der Waals surface area contributed by atoms with Gasteiger partial charge in [0, 0.05) is 11.3 Å². The van der Waals surface area contributed by atoms with Gasteiger partial charge in [-0.25, -0.2) is 8.42 Å². The fourth-order valence-electron chi connectivity index (χ4n) is 2.25. The molecule has 0 aliphatic heterocycles. The van der Waals surface area contributed by atoms with Crippen LogP contribution in [0.25, 0.3) is 11.3 Å². The van der Waals surface area contributed by atoms with Gasteiger partial charge in [0.25, 0.3) is 10.0 Å². The monoisotopic (exact) mass is 343 g/mol. The highest BCUT2D eigenvalue weighted by Crippen LogP contribution is 2.24. The average Bonchev–Trinajstić information content (AvgIpc) is 3.06. The minimum atomic E-state index is -3.65. The predicted molar refractivity (Wildman–Crippen MR) is 92.1 cm³/mol. The number of nitrogens with one attached hydrogen (secondary N) is 1. The van der Waals surface area contributed by atoms with Crippen molar-refractivity contribution in [2.75, 3.05) is 4.72 Å². The van der Waals surface area contributed by atoms with Crippen LogP contribution in [0.2, 0.25) is 0 Å². The number of furan rings is 1. The van der Waals surface area contributed by atoms with Crippen LogP contribution in [0.1, 0.15) is 11.3 Å². The zero-order valence-corrected chi connectivity index (χ0v) is 13.9. The second kappa shape index (κ2) is 6.51. The van der Waals surface area contributed by atoms with Crippen LogP contribution in [0.4, 0.5) is 5.69 Å². The Bertz CT molecular complexity index is 926. The molecule has 0 spiro atoms. The van der Waals surface area contributed by atoms with Crippen LogP contribution in [0.3, 0.4) is 0 Å². The van der Waals surface area contributed by atoms with Gasteiger partial charge in [0.15, 0.2) is 0 Å². The molecular formula is C18H17NO4S. The lowest BCUT2D eigenvalue weighted by atomic mass is 10.2. The zero-order chi connectivity index (χ0) is 17.2. The summed E-state index contributed by atoms with van der Waals surface area (Å²) >= 11 is 0. The molecule has 2 N–H and O–H groups in total. The van der Waals surface area contributed by atoms with E-state index in [4.69, 9.17) is 9.52 Å². The van der Waals surface area contributed by atoms with Crippen LogP contribution < -0.4 is 4.72 Å². The largest absolute Gasteiger partial charge is 0.459 e. The average molecular weight is 343 g/mol. The summed E-state index contributed by atoms with van der Waals surface area (Å²) in [7, 11) is -3.65. The quantitative estimate of drug-likeness (QED) is 0.742.